The van der Waals surface area contributed by atoms with Crippen molar-refractivity contribution in [1.82, 2.24) is 0 Å². The summed E-state index contributed by atoms with van der Waals surface area (Å²) in [5, 5.41) is 14.6. The molecule has 1 aliphatic rings. The SMILES string of the molecule is O[C@H]1CCCC[C@@H]1C/C=C/[Si](c1ccccc1)(c1ccccc1)c1ccccc1. The Balaban J connectivity index is 1.80. The van der Waals surface area contributed by atoms with Crippen molar-refractivity contribution in [2.24, 2.45) is 5.92 Å². The molecule has 0 amide bonds. The number of aliphatic hydroxyl groups is 1. The maximum Gasteiger partial charge on any atom is 0.172 e. The van der Waals surface area contributed by atoms with Crippen molar-refractivity contribution in [3.05, 3.63) is 103 Å². The van der Waals surface area contributed by atoms with Crippen LogP contribution in [0.15, 0.2) is 103 Å². The zero-order valence-corrected chi connectivity index (χ0v) is 18.0. The predicted molar refractivity (Wildman–Crippen MR) is 126 cm³/mol. The number of allylic oxidation sites excluding steroid dienone is 1. The van der Waals surface area contributed by atoms with E-state index in [2.05, 4.69) is 103 Å². The fourth-order valence-corrected chi connectivity index (χ4v) is 9.00. The van der Waals surface area contributed by atoms with Crippen molar-refractivity contribution in [3.8, 4) is 0 Å². The van der Waals surface area contributed by atoms with Crippen LogP contribution in [0.2, 0.25) is 0 Å². The van der Waals surface area contributed by atoms with Gasteiger partial charge in [0.25, 0.3) is 0 Å². The van der Waals surface area contributed by atoms with Gasteiger partial charge in [0.15, 0.2) is 8.07 Å². The molecule has 2 heteroatoms. The molecule has 4 rings (SSSR count). The highest BCUT2D eigenvalue weighted by molar-refractivity contribution is 7.14. The molecule has 0 spiro atoms. The lowest BCUT2D eigenvalue weighted by Crippen LogP contribution is -2.66. The molecule has 1 fully saturated rings. The molecule has 1 nitrogen and oxygen atoms in total. The summed E-state index contributed by atoms with van der Waals surface area (Å²) in [5.41, 5.74) is 2.51. The molecule has 3 aromatic carbocycles. The topological polar surface area (TPSA) is 20.2 Å². The van der Waals surface area contributed by atoms with E-state index in [0.717, 1.165) is 25.7 Å². The minimum absolute atomic E-state index is 0.144. The maximum atomic E-state index is 10.4. The maximum absolute atomic E-state index is 10.4. The third-order valence-corrected chi connectivity index (χ3v) is 10.8. The summed E-state index contributed by atoms with van der Waals surface area (Å²) < 4.78 is 0. The molecule has 2 atom stereocenters. The molecule has 1 saturated carbocycles. The Kier molecular flexibility index (Phi) is 6.43. The highest BCUT2D eigenvalue weighted by atomic mass is 28.3. The Labute approximate surface area is 175 Å². The van der Waals surface area contributed by atoms with E-state index in [4.69, 9.17) is 0 Å². The minimum Gasteiger partial charge on any atom is -0.393 e. The fourth-order valence-electron chi connectivity index (χ4n) is 4.77. The molecular weight excluding hydrogens is 368 g/mol. The summed E-state index contributed by atoms with van der Waals surface area (Å²) in [6.45, 7) is 0. The first-order valence-corrected chi connectivity index (χ1v) is 12.9. The van der Waals surface area contributed by atoms with Gasteiger partial charge in [-0.1, -0.05) is 116 Å². The summed E-state index contributed by atoms with van der Waals surface area (Å²) in [7, 11) is -2.29. The highest BCUT2D eigenvalue weighted by Crippen LogP contribution is 2.27. The van der Waals surface area contributed by atoms with Crippen LogP contribution in [0.4, 0.5) is 0 Å². The van der Waals surface area contributed by atoms with Crippen molar-refractivity contribution in [3.63, 3.8) is 0 Å². The first kappa shape index (κ1) is 19.9. The first-order valence-electron chi connectivity index (χ1n) is 10.8. The Morgan fingerprint density at radius 3 is 1.59 bits per heavy atom. The zero-order valence-electron chi connectivity index (χ0n) is 17.0. The standard InChI is InChI=1S/C27H30OSi/c28-27-21-11-10-13-23(27)14-12-22-29(24-15-4-1-5-16-24,25-17-6-2-7-18-25)26-19-8-3-9-20-26/h1-9,12,15-20,22-23,27-28H,10-11,13-14,21H2/b22-12+/t23-,27+/m1/s1. The smallest absolute Gasteiger partial charge is 0.172 e. The van der Waals surface area contributed by atoms with Crippen LogP contribution in [-0.4, -0.2) is 19.3 Å². The molecule has 0 unspecified atom stereocenters. The van der Waals surface area contributed by atoms with Crippen molar-refractivity contribution in [2.75, 3.05) is 0 Å². The first-order chi connectivity index (χ1) is 14.3. The van der Waals surface area contributed by atoms with Crippen molar-refractivity contribution < 1.29 is 5.11 Å². The van der Waals surface area contributed by atoms with E-state index < -0.39 is 8.07 Å². The average molecular weight is 399 g/mol. The van der Waals surface area contributed by atoms with Gasteiger partial charge in [-0.3, -0.25) is 0 Å². The molecule has 29 heavy (non-hydrogen) atoms. The summed E-state index contributed by atoms with van der Waals surface area (Å²) in [4.78, 5) is 0. The number of aliphatic hydroxyl groups excluding tert-OH is 1. The van der Waals surface area contributed by atoms with E-state index in [0.29, 0.717) is 5.92 Å². The summed E-state index contributed by atoms with van der Waals surface area (Å²) in [5.74, 6) is 0.397. The largest absolute Gasteiger partial charge is 0.393 e. The summed E-state index contributed by atoms with van der Waals surface area (Å²) >= 11 is 0. The molecule has 0 aliphatic heterocycles. The van der Waals surface area contributed by atoms with Gasteiger partial charge in [0.2, 0.25) is 0 Å². The van der Waals surface area contributed by atoms with Gasteiger partial charge in [0.1, 0.15) is 0 Å². The van der Waals surface area contributed by atoms with Crippen LogP contribution in [0.3, 0.4) is 0 Å². The van der Waals surface area contributed by atoms with Gasteiger partial charge in [-0.15, -0.1) is 0 Å². The van der Waals surface area contributed by atoms with Crippen LogP contribution in [-0.2, 0) is 0 Å². The molecular formula is C27H30OSi. The highest BCUT2D eigenvalue weighted by Gasteiger charge is 2.36. The molecule has 0 aromatic heterocycles. The zero-order chi connectivity index (χ0) is 19.9. The van der Waals surface area contributed by atoms with E-state index in [1.165, 1.54) is 22.0 Å². The van der Waals surface area contributed by atoms with E-state index in [9.17, 15) is 5.11 Å². The Morgan fingerprint density at radius 2 is 1.14 bits per heavy atom. The van der Waals surface area contributed by atoms with Crippen LogP contribution in [0.1, 0.15) is 32.1 Å². The number of hydrogen-bond donors (Lipinski definition) is 1. The van der Waals surface area contributed by atoms with Crippen molar-refractivity contribution >= 4 is 23.6 Å². The van der Waals surface area contributed by atoms with Crippen molar-refractivity contribution in [1.29, 1.82) is 0 Å². The van der Waals surface area contributed by atoms with Crippen LogP contribution < -0.4 is 15.6 Å². The molecule has 0 heterocycles. The second kappa shape index (κ2) is 9.38. The molecule has 3 aromatic rings. The van der Waals surface area contributed by atoms with Gasteiger partial charge in [0, 0.05) is 0 Å². The second-order valence-corrected chi connectivity index (χ2v) is 11.8. The number of rotatable bonds is 6. The number of benzene rings is 3. The third-order valence-electron chi connectivity index (χ3n) is 6.36. The molecule has 0 radical (unpaired) electrons. The normalized spacial score (nSPS) is 20.0. The van der Waals surface area contributed by atoms with Crippen LogP contribution in [0, 0.1) is 5.92 Å². The Bertz CT molecular complexity index is 808. The van der Waals surface area contributed by atoms with Crippen LogP contribution in [0.25, 0.3) is 0 Å². The van der Waals surface area contributed by atoms with Gasteiger partial charge in [0.05, 0.1) is 6.10 Å². The Morgan fingerprint density at radius 1 is 0.690 bits per heavy atom. The Hall–Kier alpha value is -2.42. The van der Waals surface area contributed by atoms with E-state index in [-0.39, 0.29) is 6.10 Å². The minimum atomic E-state index is -2.29. The lowest BCUT2D eigenvalue weighted by molar-refractivity contribution is 0.0714. The van der Waals surface area contributed by atoms with Gasteiger partial charge in [-0.25, -0.2) is 0 Å². The molecule has 0 saturated heterocycles. The molecule has 0 bridgehead atoms. The molecule has 1 N–H and O–H groups in total. The van der Waals surface area contributed by atoms with Crippen LogP contribution >= 0.6 is 0 Å². The second-order valence-electron chi connectivity index (χ2n) is 8.16. The van der Waals surface area contributed by atoms with E-state index >= 15 is 0 Å². The van der Waals surface area contributed by atoms with Gasteiger partial charge in [-0.2, -0.15) is 0 Å². The summed E-state index contributed by atoms with van der Waals surface area (Å²) in [6.07, 6.45) is 7.70. The third kappa shape index (κ3) is 4.29. The van der Waals surface area contributed by atoms with Crippen LogP contribution in [0.5, 0.6) is 0 Å². The number of hydrogen-bond acceptors (Lipinski definition) is 1. The lowest BCUT2D eigenvalue weighted by atomic mass is 9.84. The fraction of sp³-hybridized carbons (Fsp3) is 0.259. The predicted octanol–water partition coefficient (Wildman–Crippen LogP) is 4.19. The summed E-state index contributed by atoms with van der Waals surface area (Å²) in [6, 6.07) is 32.9. The quantitative estimate of drug-likeness (QED) is 0.487. The van der Waals surface area contributed by atoms with Gasteiger partial charge < -0.3 is 5.11 Å². The van der Waals surface area contributed by atoms with Crippen molar-refractivity contribution in [2.45, 2.75) is 38.2 Å². The molecule has 1 aliphatic carbocycles. The molecule has 148 valence electrons. The lowest BCUT2D eigenvalue weighted by Gasteiger charge is -2.31. The van der Waals surface area contributed by atoms with Gasteiger partial charge in [-0.05, 0) is 40.7 Å². The van der Waals surface area contributed by atoms with E-state index in [1.54, 1.807) is 0 Å². The average Bonchev–Trinajstić information content (AvgIpc) is 2.80. The monoisotopic (exact) mass is 398 g/mol. The van der Waals surface area contributed by atoms with E-state index in [1.807, 2.05) is 0 Å². The van der Waals surface area contributed by atoms with Gasteiger partial charge >= 0.3 is 0 Å².